The highest BCUT2D eigenvalue weighted by molar-refractivity contribution is 5.99. The number of Topliss-reactive ketones (excluding diaryl/α,β-unsaturated/α-hetero) is 1. The molecule has 5 nitrogen and oxygen atoms in total. The number of ether oxygens (including phenoxy) is 1. The lowest BCUT2D eigenvalue weighted by Crippen LogP contribution is -2.35. The predicted octanol–water partition coefficient (Wildman–Crippen LogP) is 1.60. The average molecular weight is 280 g/mol. The third kappa shape index (κ3) is 5.19. The molecule has 0 amide bonds. The smallest absolute Gasteiger partial charge is 0.166 e. The molecule has 0 aliphatic rings. The Morgan fingerprint density at radius 2 is 2.15 bits per heavy atom. The van der Waals surface area contributed by atoms with Crippen LogP contribution in [0.1, 0.15) is 37.6 Å². The number of benzene rings is 1. The van der Waals surface area contributed by atoms with E-state index in [1.165, 1.54) is 0 Å². The third-order valence-corrected chi connectivity index (χ3v) is 2.82. The van der Waals surface area contributed by atoms with Crippen molar-refractivity contribution >= 4 is 11.5 Å². The second-order valence-electron chi connectivity index (χ2n) is 5.06. The Balaban J connectivity index is 2.65. The van der Waals surface area contributed by atoms with E-state index in [0.717, 1.165) is 0 Å². The molecule has 0 spiro atoms. The fourth-order valence-corrected chi connectivity index (χ4v) is 1.70. The van der Waals surface area contributed by atoms with Crippen LogP contribution in [0.25, 0.3) is 0 Å². The summed E-state index contributed by atoms with van der Waals surface area (Å²) in [5.74, 6) is 0.441. The molecule has 0 saturated carbocycles. The second kappa shape index (κ2) is 7.87. The van der Waals surface area contributed by atoms with Crippen molar-refractivity contribution in [2.24, 2.45) is 0 Å². The van der Waals surface area contributed by atoms with Gasteiger partial charge in [-0.15, -0.1) is 0 Å². The van der Waals surface area contributed by atoms with Crippen LogP contribution in [0.5, 0.6) is 5.75 Å². The quantitative estimate of drug-likeness (QED) is 0.497. The van der Waals surface area contributed by atoms with Gasteiger partial charge < -0.3 is 20.9 Å². The van der Waals surface area contributed by atoms with E-state index in [4.69, 9.17) is 10.5 Å². The summed E-state index contributed by atoms with van der Waals surface area (Å²) in [7, 11) is 0. The van der Waals surface area contributed by atoms with Gasteiger partial charge in [0, 0.05) is 24.7 Å². The Bertz CT molecular complexity index is 447. The van der Waals surface area contributed by atoms with E-state index in [9.17, 15) is 9.90 Å². The number of carbonyl (C=O) groups is 1. The van der Waals surface area contributed by atoms with Crippen LogP contribution >= 0.6 is 0 Å². The van der Waals surface area contributed by atoms with Gasteiger partial charge >= 0.3 is 0 Å². The number of aliphatic hydroxyl groups is 1. The van der Waals surface area contributed by atoms with E-state index in [1.54, 1.807) is 25.1 Å². The zero-order chi connectivity index (χ0) is 15.1. The number of rotatable bonds is 8. The van der Waals surface area contributed by atoms with E-state index in [0.29, 0.717) is 36.0 Å². The van der Waals surface area contributed by atoms with Crippen molar-refractivity contribution in [3.05, 3.63) is 23.8 Å². The molecule has 0 fully saturated rings. The maximum atomic E-state index is 11.8. The minimum Gasteiger partial charge on any atom is -0.490 e. The highest BCUT2D eigenvalue weighted by Gasteiger charge is 2.13. The lowest BCUT2D eigenvalue weighted by atomic mass is 10.1. The number of anilines is 1. The summed E-state index contributed by atoms with van der Waals surface area (Å²) < 4.78 is 5.54. The first kappa shape index (κ1) is 16.5. The van der Waals surface area contributed by atoms with Gasteiger partial charge in [0.25, 0.3) is 0 Å². The number of nitrogens with two attached hydrogens (primary N) is 1. The third-order valence-electron chi connectivity index (χ3n) is 2.82. The highest BCUT2D eigenvalue weighted by Crippen LogP contribution is 2.23. The summed E-state index contributed by atoms with van der Waals surface area (Å²) in [5.41, 5.74) is 6.68. The standard InChI is InChI=1S/C15H24N2O3/c1-4-14(19)13-7-11(16)5-6-15(13)20-9-12(18)8-17-10(2)3/h5-7,10,12,17-18H,4,8-9,16H2,1-3H3/t12-/m0/s1. The molecule has 0 heterocycles. The van der Waals surface area contributed by atoms with E-state index in [1.807, 2.05) is 13.8 Å². The highest BCUT2D eigenvalue weighted by atomic mass is 16.5. The Hall–Kier alpha value is -1.59. The first-order chi connectivity index (χ1) is 9.43. The molecular weight excluding hydrogens is 256 g/mol. The van der Waals surface area contributed by atoms with Gasteiger partial charge in [0.1, 0.15) is 18.5 Å². The first-order valence-corrected chi connectivity index (χ1v) is 6.91. The number of hydrogen-bond acceptors (Lipinski definition) is 5. The molecule has 1 rings (SSSR count). The Morgan fingerprint density at radius 1 is 1.45 bits per heavy atom. The van der Waals surface area contributed by atoms with Gasteiger partial charge in [-0.05, 0) is 18.2 Å². The fraction of sp³-hybridized carbons (Fsp3) is 0.533. The van der Waals surface area contributed by atoms with Gasteiger partial charge in [-0.25, -0.2) is 0 Å². The minimum atomic E-state index is -0.625. The number of ketones is 1. The monoisotopic (exact) mass is 280 g/mol. The predicted molar refractivity (Wildman–Crippen MR) is 80.1 cm³/mol. The molecule has 20 heavy (non-hydrogen) atoms. The number of carbonyl (C=O) groups excluding carboxylic acids is 1. The normalized spacial score (nSPS) is 12.4. The molecule has 5 heteroatoms. The van der Waals surface area contributed by atoms with Crippen molar-refractivity contribution in [3.8, 4) is 5.75 Å². The number of hydrogen-bond donors (Lipinski definition) is 3. The second-order valence-corrected chi connectivity index (χ2v) is 5.06. The lowest BCUT2D eigenvalue weighted by Gasteiger charge is -2.16. The fourth-order valence-electron chi connectivity index (χ4n) is 1.70. The molecule has 0 aliphatic heterocycles. The van der Waals surface area contributed by atoms with Crippen LogP contribution < -0.4 is 15.8 Å². The van der Waals surface area contributed by atoms with Gasteiger partial charge in [-0.3, -0.25) is 4.79 Å². The molecule has 112 valence electrons. The maximum Gasteiger partial charge on any atom is 0.166 e. The van der Waals surface area contributed by atoms with Crippen molar-refractivity contribution in [1.29, 1.82) is 0 Å². The summed E-state index contributed by atoms with van der Waals surface area (Å²) in [5, 5.41) is 12.9. The van der Waals surface area contributed by atoms with Crippen LogP contribution in [0, 0.1) is 0 Å². The van der Waals surface area contributed by atoms with Crippen molar-refractivity contribution < 1.29 is 14.6 Å². The summed E-state index contributed by atoms with van der Waals surface area (Å²) in [6, 6.07) is 5.26. The number of aliphatic hydroxyl groups excluding tert-OH is 1. The summed E-state index contributed by atoms with van der Waals surface area (Å²) in [6.45, 7) is 6.38. The van der Waals surface area contributed by atoms with Crippen LogP contribution in [0.2, 0.25) is 0 Å². The molecule has 0 saturated heterocycles. The van der Waals surface area contributed by atoms with E-state index < -0.39 is 6.10 Å². The van der Waals surface area contributed by atoms with Crippen LogP contribution in [-0.4, -0.2) is 36.2 Å². The molecule has 0 aromatic heterocycles. The van der Waals surface area contributed by atoms with Crippen LogP contribution in [0.4, 0.5) is 5.69 Å². The Morgan fingerprint density at radius 3 is 2.75 bits per heavy atom. The van der Waals surface area contributed by atoms with Gasteiger partial charge in [0.05, 0.1) is 5.56 Å². The molecule has 0 unspecified atom stereocenters. The van der Waals surface area contributed by atoms with Gasteiger partial charge in [-0.2, -0.15) is 0 Å². The lowest BCUT2D eigenvalue weighted by molar-refractivity contribution is 0.0950. The minimum absolute atomic E-state index is 0.0258. The topological polar surface area (TPSA) is 84.6 Å². The zero-order valence-corrected chi connectivity index (χ0v) is 12.3. The van der Waals surface area contributed by atoms with E-state index >= 15 is 0 Å². The molecule has 1 aromatic rings. The molecule has 1 atom stereocenters. The molecule has 1 aromatic carbocycles. The first-order valence-electron chi connectivity index (χ1n) is 6.91. The molecule has 0 radical (unpaired) electrons. The van der Waals surface area contributed by atoms with E-state index in [2.05, 4.69) is 5.32 Å². The summed E-state index contributed by atoms with van der Waals surface area (Å²) in [6.07, 6.45) is -0.239. The van der Waals surface area contributed by atoms with Crippen molar-refractivity contribution in [2.75, 3.05) is 18.9 Å². The van der Waals surface area contributed by atoms with Gasteiger partial charge in [-0.1, -0.05) is 20.8 Å². The summed E-state index contributed by atoms with van der Waals surface area (Å²) in [4.78, 5) is 11.8. The van der Waals surface area contributed by atoms with Crippen LogP contribution in [0.3, 0.4) is 0 Å². The van der Waals surface area contributed by atoms with Crippen molar-refractivity contribution in [3.63, 3.8) is 0 Å². The molecule has 0 bridgehead atoms. The SMILES string of the molecule is CCC(=O)c1cc(N)ccc1OC[C@@H](O)CNC(C)C. The van der Waals surface area contributed by atoms with Crippen LogP contribution in [0.15, 0.2) is 18.2 Å². The number of nitrogens with one attached hydrogen (secondary N) is 1. The van der Waals surface area contributed by atoms with Crippen molar-refractivity contribution in [2.45, 2.75) is 39.3 Å². The van der Waals surface area contributed by atoms with Gasteiger partial charge in [0.2, 0.25) is 0 Å². The Labute approximate surface area is 120 Å². The van der Waals surface area contributed by atoms with Crippen molar-refractivity contribution in [1.82, 2.24) is 5.32 Å². The molecule has 4 N–H and O–H groups in total. The largest absolute Gasteiger partial charge is 0.490 e. The van der Waals surface area contributed by atoms with Crippen LogP contribution in [-0.2, 0) is 0 Å². The zero-order valence-electron chi connectivity index (χ0n) is 12.3. The maximum absolute atomic E-state index is 11.8. The summed E-state index contributed by atoms with van der Waals surface area (Å²) >= 11 is 0. The van der Waals surface area contributed by atoms with Gasteiger partial charge in [0.15, 0.2) is 5.78 Å². The molecular formula is C15H24N2O3. The molecule has 0 aliphatic carbocycles. The van der Waals surface area contributed by atoms with E-state index in [-0.39, 0.29) is 12.4 Å². The Kier molecular flexibility index (Phi) is 6.48. The average Bonchev–Trinajstić information content (AvgIpc) is 2.42. The number of nitrogen functional groups attached to an aromatic ring is 1.